The second-order valence-electron chi connectivity index (χ2n) is 4.01. The Morgan fingerprint density at radius 1 is 1.30 bits per heavy atom. The van der Waals surface area contributed by atoms with E-state index in [1.165, 1.54) is 0 Å². The fraction of sp³-hybridized carbons (Fsp3) is 0.167. The van der Waals surface area contributed by atoms with Crippen molar-refractivity contribution >= 4 is 22.6 Å². The number of aromatic amines is 1. The molecule has 0 aliphatic carbocycles. The first kappa shape index (κ1) is 13.7. The molecule has 20 heavy (non-hydrogen) atoms. The topological polar surface area (TPSA) is 132 Å². The van der Waals surface area contributed by atoms with Crippen LogP contribution in [0.2, 0.25) is 0 Å². The molecule has 8 nitrogen and oxygen atoms in total. The summed E-state index contributed by atoms with van der Waals surface area (Å²) in [5, 5.41) is 26.3. The van der Waals surface area contributed by atoms with Crippen LogP contribution in [-0.4, -0.2) is 44.9 Å². The van der Waals surface area contributed by atoms with Gasteiger partial charge in [0.2, 0.25) is 0 Å². The van der Waals surface area contributed by atoms with Gasteiger partial charge < -0.3 is 15.5 Å². The highest BCUT2D eigenvalue weighted by molar-refractivity contribution is 6.04. The number of aliphatic hydroxyl groups is 1. The van der Waals surface area contributed by atoms with Crippen LogP contribution in [0.15, 0.2) is 29.1 Å². The number of carboxylic acid groups (broad SMARTS) is 1. The van der Waals surface area contributed by atoms with Gasteiger partial charge in [-0.05, 0) is 6.07 Å². The molecular weight excluding hydrogens is 266 g/mol. The van der Waals surface area contributed by atoms with Crippen LogP contribution in [0.3, 0.4) is 0 Å². The van der Waals surface area contributed by atoms with Crippen LogP contribution >= 0.6 is 0 Å². The molecule has 0 saturated heterocycles. The maximum absolute atomic E-state index is 11.9. The molecule has 1 amide bonds. The molecule has 1 atom stereocenters. The Balaban J connectivity index is 2.29. The number of aliphatic hydroxyl groups excluding tert-OH is 1. The summed E-state index contributed by atoms with van der Waals surface area (Å²) in [7, 11) is 0. The van der Waals surface area contributed by atoms with Crippen molar-refractivity contribution in [2.24, 2.45) is 0 Å². The lowest BCUT2D eigenvalue weighted by Crippen LogP contribution is -2.37. The van der Waals surface area contributed by atoms with E-state index in [1.54, 1.807) is 24.3 Å². The third-order valence-corrected chi connectivity index (χ3v) is 2.65. The molecule has 0 radical (unpaired) electrons. The average molecular weight is 277 g/mol. The first-order valence-electron chi connectivity index (χ1n) is 5.67. The third-order valence-electron chi connectivity index (χ3n) is 2.65. The Labute approximate surface area is 112 Å². The summed E-state index contributed by atoms with van der Waals surface area (Å²) in [5.74, 6) is -2.12. The van der Waals surface area contributed by atoms with E-state index in [2.05, 4.69) is 15.5 Å². The molecule has 0 bridgehead atoms. The summed E-state index contributed by atoms with van der Waals surface area (Å²) in [5.41, 5.74) is -0.472. The molecule has 8 heteroatoms. The molecule has 1 aromatic carbocycles. The van der Waals surface area contributed by atoms with Gasteiger partial charge in [0.15, 0.2) is 11.8 Å². The number of H-pyrrole nitrogens is 1. The molecule has 0 spiro atoms. The lowest BCUT2D eigenvalue weighted by Gasteiger charge is -2.08. The number of nitrogens with one attached hydrogen (secondary N) is 2. The van der Waals surface area contributed by atoms with E-state index in [0.29, 0.717) is 10.8 Å². The average Bonchev–Trinajstić information content (AvgIpc) is 2.45. The van der Waals surface area contributed by atoms with Crippen LogP contribution < -0.4 is 10.9 Å². The summed E-state index contributed by atoms with van der Waals surface area (Å²) in [6, 6.07) is 6.39. The Morgan fingerprint density at radius 3 is 2.60 bits per heavy atom. The zero-order valence-corrected chi connectivity index (χ0v) is 10.2. The van der Waals surface area contributed by atoms with Crippen molar-refractivity contribution in [3.63, 3.8) is 0 Å². The summed E-state index contributed by atoms with van der Waals surface area (Å²) in [4.78, 5) is 33.9. The van der Waals surface area contributed by atoms with Crippen LogP contribution in [-0.2, 0) is 4.79 Å². The number of carbonyl (C=O) groups is 2. The number of hydrogen-bond acceptors (Lipinski definition) is 5. The normalized spacial score (nSPS) is 12.1. The van der Waals surface area contributed by atoms with Crippen molar-refractivity contribution < 1.29 is 19.8 Å². The van der Waals surface area contributed by atoms with E-state index < -0.39 is 30.1 Å². The van der Waals surface area contributed by atoms with Crippen LogP contribution in [0.1, 0.15) is 10.5 Å². The fourth-order valence-electron chi connectivity index (χ4n) is 1.65. The summed E-state index contributed by atoms with van der Waals surface area (Å²) >= 11 is 0. The van der Waals surface area contributed by atoms with Crippen molar-refractivity contribution in [3.8, 4) is 0 Å². The summed E-state index contributed by atoms with van der Waals surface area (Å²) in [6.45, 7) is -0.455. The predicted octanol–water partition coefficient (Wildman–Crippen LogP) is -0.902. The number of amides is 1. The molecule has 0 saturated carbocycles. The van der Waals surface area contributed by atoms with Gasteiger partial charge in [0, 0.05) is 5.39 Å². The number of carboxylic acids is 1. The zero-order chi connectivity index (χ0) is 14.7. The van der Waals surface area contributed by atoms with E-state index in [1.807, 2.05) is 0 Å². The van der Waals surface area contributed by atoms with Gasteiger partial charge >= 0.3 is 5.97 Å². The van der Waals surface area contributed by atoms with Gasteiger partial charge in [-0.2, -0.15) is 5.10 Å². The third kappa shape index (κ3) is 2.64. The van der Waals surface area contributed by atoms with Crippen LogP contribution in [0.25, 0.3) is 10.8 Å². The number of aliphatic carboxylic acids is 1. The molecule has 4 N–H and O–H groups in total. The van der Waals surface area contributed by atoms with Gasteiger partial charge in [-0.1, -0.05) is 18.2 Å². The van der Waals surface area contributed by atoms with Crippen molar-refractivity contribution in [1.82, 2.24) is 15.5 Å². The van der Waals surface area contributed by atoms with Gasteiger partial charge in [-0.3, -0.25) is 9.59 Å². The smallest absolute Gasteiger partial charge is 0.334 e. The second kappa shape index (κ2) is 5.49. The van der Waals surface area contributed by atoms with Crippen molar-refractivity contribution in [2.45, 2.75) is 6.10 Å². The Hall–Kier alpha value is -2.74. The minimum absolute atomic E-state index is 0.0437. The number of aromatic nitrogens is 2. The monoisotopic (exact) mass is 277 g/mol. The van der Waals surface area contributed by atoms with Crippen LogP contribution in [0.5, 0.6) is 0 Å². The van der Waals surface area contributed by atoms with Crippen molar-refractivity contribution in [2.75, 3.05) is 6.54 Å². The molecule has 104 valence electrons. The van der Waals surface area contributed by atoms with E-state index >= 15 is 0 Å². The van der Waals surface area contributed by atoms with Crippen LogP contribution in [0.4, 0.5) is 0 Å². The molecule has 0 aliphatic rings. The number of rotatable bonds is 4. The van der Waals surface area contributed by atoms with Gasteiger partial charge in [0.1, 0.15) is 0 Å². The molecule has 0 fully saturated rings. The quantitative estimate of drug-likeness (QED) is 0.572. The second-order valence-corrected chi connectivity index (χ2v) is 4.01. The maximum Gasteiger partial charge on any atom is 0.334 e. The number of fused-ring (bicyclic) bond motifs is 1. The molecule has 2 aromatic rings. The van der Waals surface area contributed by atoms with E-state index in [4.69, 9.17) is 10.2 Å². The first-order chi connectivity index (χ1) is 9.50. The minimum atomic E-state index is -1.70. The largest absolute Gasteiger partial charge is 0.479 e. The zero-order valence-electron chi connectivity index (χ0n) is 10.2. The molecule has 2 rings (SSSR count). The number of benzene rings is 1. The lowest BCUT2D eigenvalue weighted by molar-refractivity contribution is -0.146. The standard InChI is InChI=1S/C12H11N3O5/c16-8(12(19)20)5-13-11(18)9-6-3-1-2-4-7(6)10(17)15-14-9/h1-4,8,16H,5H2,(H,13,18)(H,15,17)(H,19,20). The van der Waals surface area contributed by atoms with Gasteiger partial charge in [0.25, 0.3) is 11.5 Å². The summed E-state index contributed by atoms with van der Waals surface area (Å²) < 4.78 is 0. The van der Waals surface area contributed by atoms with Gasteiger partial charge in [-0.15, -0.1) is 0 Å². The molecule has 1 heterocycles. The maximum atomic E-state index is 11.9. The number of nitrogens with zero attached hydrogens (tertiary/aromatic N) is 1. The van der Waals surface area contributed by atoms with Gasteiger partial charge in [0.05, 0.1) is 11.9 Å². The molecular formula is C12H11N3O5. The Kier molecular flexibility index (Phi) is 3.76. The highest BCUT2D eigenvalue weighted by atomic mass is 16.4. The van der Waals surface area contributed by atoms with Crippen molar-refractivity contribution in [1.29, 1.82) is 0 Å². The lowest BCUT2D eigenvalue weighted by atomic mass is 10.1. The predicted molar refractivity (Wildman–Crippen MR) is 68.3 cm³/mol. The molecule has 0 aliphatic heterocycles. The Morgan fingerprint density at radius 2 is 1.95 bits per heavy atom. The number of hydrogen-bond donors (Lipinski definition) is 4. The SMILES string of the molecule is O=C(NCC(O)C(=O)O)c1n[nH]c(=O)c2ccccc12. The number of carbonyl (C=O) groups excluding carboxylic acids is 1. The summed E-state index contributed by atoms with van der Waals surface area (Å²) in [6.07, 6.45) is -1.70. The molecule has 1 aromatic heterocycles. The molecule has 1 unspecified atom stereocenters. The van der Waals surface area contributed by atoms with Gasteiger partial charge in [-0.25, -0.2) is 9.89 Å². The first-order valence-corrected chi connectivity index (χ1v) is 5.67. The highest BCUT2D eigenvalue weighted by Crippen LogP contribution is 2.11. The Bertz CT molecular complexity index is 724. The fourth-order valence-corrected chi connectivity index (χ4v) is 1.65. The highest BCUT2D eigenvalue weighted by Gasteiger charge is 2.17. The van der Waals surface area contributed by atoms with E-state index in [-0.39, 0.29) is 5.69 Å². The van der Waals surface area contributed by atoms with E-state index in [0.717, 1.165) is 0 Å². The van der Waals surface area contributed by atoms with Crippen LogP contribution in [0, 0.1) is 0 Å². The van der Waals surface area contributed by atoms with E-state index in [9.17, 15) is 14.4 Å². The minimum Gasteiger partial charge on any atom is -0.479 e. The van der Waals surface area contributed by atoms with Crippen molar-refractivity contribution in [3.05, 3.63) is 40.3 Å².